The topological polar surface area (TPSA) is 52.6 Å². The van der Waals surface area contributed by atoms with E-state index in [0.29, 0.717) is 4.88 Å². The van der Waals surface area contributed by atoms with Gasteiger partial charge in [-0.25, -0.2) is 0 Å². The van der Waals surface area contributed by atoms with Crippen LogP contribution in [0, 0.1) is 0 Å². The molecule has 0 atom stereocenters. The molecule has 0 aliphatic carbocycles. The highest BCUT2D eigenvalue weighted by atomic mass is 32.1. The Morgan fingerprint density at radius 1 is 1.29 bits per heavy atom. The first-order valence-corrected chi connectivity index (χ1v) is 4.77. The lowest BCUT2D eigenvalue weighted by atomic mass is 10.1. The predicted octanol–water partition coefficient (Wildman–Crippen LogP) is 1.18. The first-order chi connectivity index (χ1) is 6.70. The quantitative estimate of drug-likeness (QED) is 0.560. The van der Waals surface area contributed by atoms with Crippen molar-refractivity contribution in [3.8, 4) is 0 Å². The molecule has 4 nitrogen and oxygen atoms in total. The molecule has 0 fully saturated rings. The Labute approximate surface area is 85.4 Å². The van der Waals surface area contributed by atoms with Crippen molar-refractivity contribution in [3.05, 3.63) is 22.4 Å². The summed E-state index contributed by atoms with van der Waals surface area (Å²) in [7, 11) is 2.48. The second-order valence-corrected chi connectivity index (χ2v) is 3.47. The van der Waals surface area contributed by atoms with Crippen LogP contribution in [0.2, 0.25) is 0 Å². The molecule has 0 spiro atoms. The summed E-state index contributed by atoms with van der Waals surface area (Å²) in [4.78, 5) is 23.2. The van der Waals surface area contributed by atoms with Gasteiger partial charge in [-0.3, -0.25) is 9.59 Å². The van der Waals surface area contributed by atoms with Crippen LogP contribution in [0.5, 0.6) is 0 Å². The number of methoxy groups -OCH3 is 2. The summed E-state index contributed by atoms with van der Waals surface area (Å²) < 4.78 is 9.05. The Kier molecular flexibility index (Phi) is 3.64. The van der Waals surface area contributed by atoms with E-state index < -0.39 is 17.9 Å². The van der Waals surface area contributed by atoms with E-state index in [9.17, 15) is 9.59 Å². The lowest BCUT2D eigenvalue weighted by Gasteiger charge is -2.09. The van der Waals surface area contributed by atoms with E-state index in [1.54, 1.807) is 17.5 Å². The van der Waals surface area contributed by atoms with Crippen LogP contribution in [0.3, 0.4) is 0 Å². The number of hydrogen-bond acceptors (Lipinski definition) is 5. The van der Waals surface area contributed by atoms with Crippen molar-refractivity contribution in [2.24, 2.45) is 0 Å². The molecule has 0 aliphatic rings. The highest BCUT2D eigenvalue weighted by Gasteiger charge is 2.31. The molecule has 0 amide bonds. The van der Waals surface area contributed by atoms with Gasteiger partial charge in [-0.05, 0) is 11.4 Å². The third-order valence-electron chi connectivity index (χ3n) is 1.70. The average Bonchev–Trinajstić information content (AvgIpc) is 2.70. The average molecular weight is 214 g/mol. The summed E-state index contributed by atoms with van der Waals surface area (Å²) in [5, 5.41) is 1.79. The summed E-state index contributed by atoms with van der Waals surface area (Å²) >= 11 is 1.32. The molecule has 0 aromatic carbocycles. The molecule has 1 heterocycles. The van der Waals surface area contributed by atoms with Crippen LogP contribution in [0.15, 0.2) is 17.5 Å². The fourth-order valence-corrected chi connectivity index (χ4v) is 1.82. The Bertz CT molecular complexity index is 302. The number of carbonyl (C=O) groups is 2. The van der Waals surface area contributed by atoms with Crippen LogP contribution in [0.4, 0.5) is 0 Å². The lowest BCUT2D eigenvalue weighted by molar-refractivity contribution is -0.154. The van der Waals surface area contributed by atoms with Crippen LogP contribution in [0.1, 0.15) is 10.8 Å². The van der Waals surface area contributed by atoms with E-state index in [0.717, 1.165) is 0 Å². The summed E-state index contributed by atoms with van der Waals surface area (Å²) in [5.41, 5.74) is 0. The number of thiophene rings is 1. The molecule has 0 unspecified atom stereocenters. The maximum absolute atomic E-state index is 11.3. The zero-order valence-electron chi connectivity index (χ0n) is 7.85. The SMILES string of the molecule is COC(=O)C(C(=O)OC)c1cccs1. The Hall–Kier alpha value is -1.36. The Balaban J connectivity index is 2.94. The maximum atomic E-state index is 11.3. The third-order valence-corrected chi connectivity index (χ3v) is 2.64. The van der Waals surface area contributed by atoms with Crippen molar-refractivity contribution in [3.63, 3.8) is 0 Å². The molecule has 14 heavy (non-hydrogen) atoms. The van der Waals surface area contributed by atoms with Crippen LogP contribution in [0.25, 0.3) is 0 Å². The highest BCUT2D eigenvalue weighted by molar-refractivity contribution is 7.10. The van der Waals surface area contributed by atoms with Crippen molar-refractivity contribution in [1.29, 1.82) is 0 Å². The fraction of sp³-hybridized carbons (Fsp3) is 0.333. The molecule has 1 aromatic heterocycles. The van der Waals surface area contributed by atoms with Crippen LogP contribution < -0.4 is 0 Å². The van der Waals surface area contributed by atoms with Crippen LogP contribution >= 0.6 is 11.3 Å². The number of ether oxygens (including phenoxy) is 2. The number of esters is 2. The van der Waals surface area contributed by atoms with E-state index in [-0.39, 0.29) is 0 Å². The molecule has 0 radical (unpaired) electrons. The van der Waals surface area contributed by atoms with E-state index in [1.165, 1.54) is 25.6 Å². The molecular formula is C9H10O4S. The summed E-state index contributed by atoms with van der Waals surface area (Å²) in [6.45, 7) is 0. The van der Waals surface area contributed by atoms with Gasteiger partial charge in [0, 0.05) is 4.88 Å². The lowest BCUT2D eigenvalue weighted by Crippen LogP contribution is -2.23. The van der Waals surface area contributed by atoms with Gasteiger partial charge >= 0.3 is 11.9 Å². The fourth-order valence-electron chi connectivity index (χ4n) is 1.02. The van der Waals surface area contributed by atoms with E-state index in [2.05, 4.69) is 9.47 Å². The van der Waals surface area contributed by atoms with Crippen LogP contribution in [-0.4, -0.2) is 26.2 Å². The van der Waals surface area contributed by atoms with Crippen molar-refractivity contribution >= 4 is 23.3 Å². The molecule has 1 rings (SSSR count). The predicted molar refractivity (Wildman–Crippen MR) is 51.1 cm³/mol. The molecule has 1 aromatic rings. The molecule has 0 bridgehead atoms. The van der Waals surface area contributed by atoms with E-state index >= 15 is 0 Å². The van der Waals surface area contributed by atoms with Crippen molar-refractivity contribution < 1.29 is 19.1 Å². The maximum Gasteiger partial charge on any atom is 0.325 e. The van der Waals surface area contributed by atoms with E-state index in [1.807, 2.05) is 0 Å². The standard InChI is InChI=1S/C9H10O4S/c1-12-8(10)7(9(11)13-2)6-4-3-5-14-6/h3-5,7H,1-2H3. The van der Waals surface area contributed by atoms with Gasteiger partial charge in [0.2, 0.25) is 0 Å². The van der Waals surface area contributed by atoms with Gasteiger partial charge in [0.1, 0.15) is 0 Å². The smallest absolute Gasteiger partial charge is 0.325 e. The minimum Gasteiger partial charge on any atom is -0.468 e. The van der Waals surface area contributed by atoms with Gasteiger partial charge in [-0.15, -0.1) is 11.3 Å². The molecule has 76 valence electrons. The third kappa shape index (κ3) is 2.11. The zero-order chi connectivity index (χ0) is 10.6. The number of carbonyl (C=O) groups excluding carboxylic acids is 2. The monoisotopic (exact) mass is 214 g/mol. The van der Waals surface area contributed by atoms with Crippen molar-refractivity contribution in [1.82, 2.24) is 0 Å². The molecule has 0 aliphatic heterocycles. The van der Waals surface area contributed by atoms with Crippen molar-refractivity contribution in [2.45, 2.75) is 5.92 Å². The summed E-state index contributed by atoms with van der Waals surface area (Å²) in [6, 6.07) is 3.46. The van der Waals surface area contributed by atoms with Gasteiger partial charge in [-0.2, -0.15) is 0 Å². The summed E-state index contributed by atoms with van der Waals surface area (Å²) in [6.07, 6.45) is 0. The van der Waals surface area contributed by atoms with Crippen LogP contribution in [-0.2, 0) is 19.1 Å². The minimum atomic E-state index is -0.954. The molecular weight excluding hydrogens is 204 g/mol. The van der Waals surface area contributed by atoms with Gasteiger partial charge in [0.05, 0.1) is 14.2 Å². The largest absolute Gasteiger partial charge is 0.468 e. The number of hydrogen-bond donors (Lipinski definition) is 0. The van der Waals surface area contributed by atoms with Gasteiger partial charge in [0.25, 0.3) is 0 Å². The first-order valence-electron chi connectivity index (χ1n) is 3.89. The zero-order valence-corrected chi connectivity index (χ0v) is 8.67. The highest BCUT2D eigenvalue weighted by Crippen LogP contribution is 2.23. The first kappa shape index (κ1) is 10.7. The molecule has 0 N–H and O–H groups in total. The minimum absolute atomic E-state index is 0.598. The van der Waals surface area contributed by atoms with Gasteiger partial charge in [-0.1, -0.05) is 6.07 Å². The Morgan fingerprint density at radius 2 is 1.86 bits per heavy atom. The van der Waals surface area contributed by atoms with E-state index in [4.69, 9.17) is 0 Å². The number of rotatable bonds is 3. The summed E-state index contributed by atoms with van der Waals surface area (Å²) in [5.74, 6) is -2.15. The second-order valence-electron chi connectivity index (χ2n) is 2.49. The van der Waals surface area contributed by atoms with Crippen molar-refractivity contribution in [2.75, 3.05) is 14.2 Å². The second kappa shape index (κ2) is 4.76. The van der Waals surface area contributed by atoms with Gasteiger partial charge in [0.15, 0.2) is 5.92 Å². The molecule has 5 heteroatoms. The molecule has 0 saturated carbocycles. The Morgan fingerprint density at radius 3 is 2.21 bits per heavy atom. The van der Waals surface area contributed by atoms with Gasteiger partial charge < -0.3 is 9.47 Å². The normalized spacial score (nSPS) is 9.93. The molecule has 0 saturated heterocycles.